The van der Waals surface area contributed by atoms with Crippen LogP contribution in [0.2, 0.25) is 0 Å². The van der Waals surface area contributed by atoms with Crippen molar-refractivity contribution in [2.24, 2.45) is 11.3 Å². The topological polar surface area (TPSA) is 79.3 Å². The zero-order valence-electron chi connectivity index (χ0n) is 12.9. The lowest BCUT2D eigenvalue weighted by atomic mass is 9.47. The average molecular weight is 296 g/mol. The van der Waals surface area contributed by atoms with Gasteiger partial charge in [-0.1, -0.05) is 6.92 Å². The third-order valence-electron chi connectivity index (χ3n) is 6.84. The molecule has 2 N–H and O–H groups in total. The van der Waals surface area contributed by atoms with Gasteiger partial charge in [-0.15, -0.1) is 0 Å². The summed E-state index contributed by atoms with van der Waals surface area (Å²) < 4.78 is 11.5. The highest BCUT2D eigenvalue weighted by atomic mass is 16.7. The van der Waals surface area contributed by atoms with E-state index in [0.29, 0.717) is 25.7 Å². The third-order valence-corrected chi connectivity index (χ3v) is 6.84. The Bertz CT molecular complexity index is 517. The van der Waals surface area contributed by atoms with Gasteiger partial charge in [0.1, 0.15) is 17.8 Å². The lowest BCUT2D eigenvalue weighted by Gasteiger charge is -2.61. The van der Waals surface area contributed by atoms with Crippen molar-refractivity contribution >= 4 is 5.97 Å². The van der Waals surface area contributed by atoms with Crippen molar-refractivity contribution in [1.29, 1.82) is 0 Å². The number of fused-ring (bicyclic) bond motifs is 6. The zero-order valence-corrected chi connectivity index (χ0v) is 12.9. The molecule has 0 aromatic heterocycles. The van der Waals surface area contributed by atoms with E-state index in [2.05, 4.69) is 6.92 Å². The van der Waals surface area contributed by atoms with Gasteiger partial charge in [0.2, 0.25) is 0 Å². The molecule has 4 rings (SSSR count). The van der Waals surface area contributed by atoms with Gasteiger partial charge in [0, 0.05) is 18.3 Å². The molecule has 4 aliphatic rings. The summed E-state index contributed by atoms with van der Waals surface area (Å²) in [5, 5.41) is 21.7. The molecule has 0 spiro atoms. The Kier molecular flexibility index (Phi) is 2.42. The Morgan fingerprint density at radius 2 is 1.86 bits per heavy atom. The largest absolute Gasteiger partial charge is 0.456 e. The van der Waals surface area contributed by atoms with Crippen molar-refractivity contribution in [2.75, 3.05) is 0 Å². The Hall–Kier alpha value is -0.650. The van der Waals surface area contributed by atoms with E-state index >= 15 is 0 Å². The summed E-state index contributed by atoms with van der Waals surface area (Å²) in [6.45, 7) is 5.86. The van der Waals surface area contributed by atoms with Crippen molar-refractivity contribution in [3.05, 3.63) is 0 Å². The normalized spacial score (nSPS) is 62.1. The van der Waals surface area contributed by atoms with Crippen molar-refractivity contribution in [3.8, 4) is 0 Å². The maximum Gasteiger partial charge on any atom is 0.306 e. The molecule has 7 atom stereocenters. The summed E-state index contributed by atoms with van der Waals surface area (Å²) in [5.41, 5.74) is -2.82. The molecule has 5 nitrogen and oxygen atoms in total. The van der Waals surface area contributed by atoms with Gasteiger partial charge in [0.05, 0.1) is 11.2 Å². The Morgan fingerprint density at radius 3 is 2.57 bits per heavy atom. The van der Waals surface area contributed by atoms with Crippen molar-refractivity contribution < 1.29 is 24.5 Å². The Labute approximate surface area is 124 Å². The molecule has 0 aromatic carbocycles. The highest BCUT2D eigenvalue weighted by molar-refractivity contribution is 5.71. The van der Waals surface area contributed by atoms with E-state index in [1.807, 2.05) is 6.92 Å². The van der Waals surface area contributed by atoms with Crippen LogP contribution in [0.5, 0.6) is 0 Å². The predicted octanol–water partition coefficient (Wildman–Crippen LogP) is 1.15. The second-order valence-electron chi connectivity index (χ2n) is 8.23. The second kappa shape index (κ2) is 3.63. The van der Waals surface area contributed by atoms with Crippen LogP contribution in [-0.2, 0) is 14.3 Å². The number of ether oxygens (including phenoxy) is 2. The van der Waals surface area contributed by atoms with Crippen LogP contribution in [0.1, 0.15) is 52.9 Å². The van der Waals surface area contributed by atoms with Crippen LogP contribution in [-0.4, -0.2) is 45.2 Å². The first-order chi connectivity index (χ1) is 9.62. The fraction of sp³-hybridized carbons (Fsp3) is 0.938. The highest BCUT2D eigenvalue weighted by Gasteiger charge is 2.79. The molecule has 118 valence electrons. The first-order valence-electron chi connectivity index (χ1n) is 7.95. The second-order valence-corrected chi connectivity index (χ2v) is 8.23. The summed E-state index contributed by atoms with van der Waals surface area (Å²) in [5.74, 6) is -0.176. The molecular weight excluding hydrogens is 272 g/mol. The molecule has 0 aromatic rings. The molecule has 0 amide bonds. The van der Waals surface area contributed by atoms with Gasteiger partial charge in [-0.2, -0.15) is 0 Å². The molecule has 0 radical (unpaired) electrons. The van der Waals surface area contributed by atoms with Gasteiger partial charge in [0.25, 0.3) is 0 Å². The summed E-state index contributed by atoms with van der Waals surface area (Å²) in [4.78, 5) is 11.8. The lowest BCUT2D eigenvalue weighted by Crippen LogP contribution is -2.71. The standard InChI is InChI=1S/C16H24O5/c1-13(18)6-4-9-14(2)7-5-10(17)21-15(14,3)11-12(20-11)16(9,19)8-13/h9,11-12,18-19H,4-8H2,1-3H3/t9-,11+,12-,13-,14-,15-,16-/m1/s1. The predicted molar refractivity (Wildman–Crippen MR) is 73.4 cm³/mol. The smallest absolute Gasteiger partial charge is 0.306 e. The molecule has 2 aliphatic heterocycles. The number of hydrogen-bond donors (Lipinski definition) is 2. The number of esters is 1. The van der Waals surface area contributed by atoms with Gasteiger partial charge < -0.3 is 19.7 Å². The first-order valence-corrected chi connectivity index (χ1v) is 7.95. The van der Waals surface area contributed by atoms with E-state index in [0.717, 1.165) is 6.42 Å². The average Bonchev–Trinajstić information content (AvgIpc) is 3.13. The quantitative estimate of drug-likeness (QED) is 0.518. The monoisotopic (exact) mass is 296 g/mol. The van der Waals surface area contributed by atoms with E-state index < -0.39 is 16.8 Å². The molecule has 0 bridgehead atoms. The first kappa shape index (κ1) is 14.0. The minimum absolute atomic E-state index is 0.00734. The van der Waals surface area contributed by atoms with Gasteiger partial charge in [-0.05, 0) is 39.0 Å². The zero-order chi connectivity index (χ0) is 15.3. The fourth-order valence-corrected chi connectivity index (χ4v) is 5.52. The fourth-order valence-electron chi connectivity index (χ4n) is 5.52. The molecule has 21 heavy (non-hydrogen) atoms. The van der Waals surface area contributed by atoms with Crippen molar-refractivity contribution in [2.45, 2.75) is 81.9 Å². The molecule has 2 saturated carbocycles. The van der Waals surface area contributed by atoms with Gasteiger partial charge in [-0.3, -0.25) is 4.79 Å². The summed E-state index contributed by atoms with van der Waals surface area (Å²) >= 11 is 0. The Morgan fingerprint density at radius 1 is 1.14 bits per heavy atom. The summed E-state index contributed by atoms with van der Waals surface area (Å²) in [6.07, 6.45) is 2.28. The summed E-state index contributed by atoms with van der Waals surface area (Å²) in [6, 6.07) is 0. The maximum atomic E-state index is 11.8. The molecule has 4 fully saturated rings. The maximum absolute atomic E-state index is 11.8. The third kappa shape index (κ3) is 1.55. The molecule has 2 aliphatic carbocycles. The number of carbonyl (C=O) groups is 1. The molecular formula is C16H24O5. The SMILES string of the molecule is C[C@@]1(O)CC[C@H]2[C@](O)(C1)[C@@H]1O[C@@H]1[C@@]1(C)OC(=O)CC[C@]21C. The van der Waals surface area contributed by atoms with Crippen molar-refractivity contribution in [3.63, 3.8) is 0 Å². The van der Waals surface area contributed by atoms with E-state index in [-0.39, 0.29) is 29.5 Å². The van der Waals surface area contributed by atoms with Gasteiger partial charge >= 0.3 is 5.97 Å². The highest BCUT2D eigenvalue weighted by Crippen LogP contribution is 2.68. The van der Waals surface area contributed by atoms with Crippen LogP contribution >= 0.6 is 0 Å². The minimum atomic E-state index is -1.01. The van der Waals surface area contributed by atoms with E-state index in [1.165, 1.54) is 0 Å². The number of rotatable bonds is 0. The van der Waals surface area contributed by atoms with Crippen LogP contribution in [0.4, 0.5) is 0 Å². The number of hydrogen-bond acceptors (Lipinski definition) is 5. The molecule has 2 heterocycles. The van der Waals surface area contributed by atoms with E-state index in [4.69, 9.17) is 9.47 Å². The van der Waals surface area contributed by atoms with Gasteiger partial charge in [0.15, 0.2) is 0 Å². The molecule has 0 unspecified atom stereocenters. The van der Waals surface area contributed by atoms with Gasteiger partial charge in [-0.25, -0.2) is 0 Å². The van der Waals surface area contributed by atoms with E-state index in [1.54, 1.807) is 6.92 Å². The molecule has 2 saturated heterocycles. The van der Waals surface area contributed by atoms with Crippen LogP contribution < -0.4 is 0 Å². The number of epoxide rings is 1. The van der Waals surface area contributed by atoms with Crippen LogP contribution in [0.25, 0.3) is 0 Å². The number of carbonyl (C=O) groups excluding carboxylic acids is 1. The lowest BCUT2D eigenvalue weighted by molar-refractivity contribution is -0.248. The van der Waals surface area contributed by atoms with Crippen LogP contribution in [0.3, 0.4) is 0 Å². The van der Waals surface area contributed by atoms with Crippen LogP contribution in [0, 0.1) is 11.3 Å². The minimum Gasteiger partial charge on any atom is -0.456 e. The van der Waals surface area contributed by atoms with E-state index in [9.17, 15) is 15.0 Å². The molecule has 5 heteroatoms. The van der Waals surface area contributed by atoms with Crippen molar-refractivity contribution in [1.82, 2.24) is 0 Å². The Balaban J connectivity index is 1.79. The summed E-state index contributed by atoms with van der Waals surface area (Å²) in [7, 11) is 0. The van der Waals surface area contributed by atoms with Crippen LogP contribution in [0.15, 0.2) is 0 Å². The number of aliphatic hydroxyl groups is 2.